The molecule has 4 fully saturated rings. The first-order valence-electron chi connectivity index (χ1n) is 9.84. The lowest BCUT2D eigenvalue weighted by Crippen LogP contribution is -2.64. The van der Waals surface area contributed by atoms with Gasteiger partial charge in [-0.1, -0.05) is 13.0 Å². The van der Waals surface area contributed by atoms with Gasteiger partial charge in [0, 0.05) is 0 Å². The second-order valence-electron chi connectivity index (χ2n) is 9.30. The Morgan fingerprint density at radius 1 is 1.04 bits per heavy atom. The van der Waals surface area contributed by atoms with E-state index in [1.807, 2.05) is 6.07 Å². The molecule has 130 valence electrons. The van der Waals surface area contributed by atoms with Crippen LogP contribution in [0.2, 0.25) is 0 Å². The standard InChI is InChI=1S/C21H30N2O/c1-20-9-8-14-13-4-5-17(22)19(23)16(13)3-2-15(14)18(20)12-6-10-21(20,24)11-7-12/h4-5,12,14-15,18,24H,2-3,6-11,22-23H2,1H3. The molecule has 5 N–H and O–H groups in total. The zero-order valence-electron chi connectivity index (χ0n) is 14.7. The average molecular weight is 326 g/mol. The van der Waals surface area contributed by atoms with Gasteiger partial charge in [-0.15, -0.1) is 0 Å². The minimum atomic E-state index is -0.405. The molecule has 24 heavy (non-hydrogen) atoms. The zero-order chi connectivity index (χ0) is 16.7. The number of rotatable bonds is 0. The van der Waals surface area contributed by atoms with Crippen LogP contribution in [0, 0.1) is 23.2 Å². The van der Waals surface area contributed by atoms with Gasteiger partial charge in [0.2, 0.25) is 0 Å². The van der Waals surface area contributed by atoms with Crippen LogP contribution in [0.25, 0.3) is 0 Å². The number of aliphatic hydroxyl groups is 1. The highest BCUT2D eigenvalue weighted by atomic mass is 16.3. The van der Waals surface area contributed by atoms with Crippen LogP contribution < -0.4 is 11.5 Å². The van der Waals surface area contributed by atoms with E-state index in [0.29, 0.717) is 11.8 Å². The molecule has 6 rings (SSSR count). The van der Waals surface area contributed by atoms with Crippen LogP contribution in [0.4, 0.5) is 11.4 Å². The Balaban J connectivity index is 1.58. The molecule has 1 aromatic carbocycles. The van der Waals surface area contributed by atoms with E-state index in [-0.39, 0.29) is 5.41 Å². The summed E-state index contributed by atoms with van der Waals surface area (Å²) in [5.41, 5.74) is 16.4. The van der Waals surface area contributed by atoms with E-state index in [0.717, 1.165) is 48.9 Å². The van der Waals surface area contributed by atoms with Crippen molar-refractivity contribution in [3.63, 3.8) is 0 Å². The summed E-state index contributed by atoms with van der Waals surface area (Å²) in [6.45, 7) is 2.41. The van der Waals surface area contributed by atoms with Crippen LogP contribution in [0.5, 0.6) is 0 Å². The largest absolute Gasteiger partial charge is 0.397 e. The third kappa shape index (κ3) is 1.67. The molecule has 4 atom stereocenters. The summed E-state index contributed by atoms with van der Waals surface area (Å²) in [7, 11) is 0. The summed E-state index contributed by atoms with van der Waals surface area (Å²) in [5.74, 6) is 2.86. The van der Waals surface area contributed by atoms with Crippen molar-refractivity contribution in [1.82, 2.24) is 0 Å². The molecule has 4 unspecified atom stereocenters. The molecule has 3 nitrogen and oxygen atoms in total. The van der Waals surface area contributed by atoms with E-state index in [2.05, 4.69) is 13.0 Å². The molecular formula is C21H30N2O. The Hall–Kier alpha value is -1.22. The van der Waals surface area contributed by atoms with Gasteiger partial charge in [0.15, 0.2) is 0 Å². The van der Waals surface area contributed by atoms with Crippen molar-refractivity contribution in [3.8, 4) is 0 Å². The maximum atomic E-state index is 11.4. The number of hydrogen-bond acceptors (Lipinski definition) is 3. The van der Waals surface area contributed by atoms with Crippen molar-refractivity contribution in [3.05, 3.63) is 23.3 Å². The lowest BCUT2D eigenvalue weighted by molar-refractivity contribution is -0.225. The maximum Gasteiger partial charge on any atom is 0.0704 e. The van der Waals surface area contributed by atoms with Gasteiger partial charge in [-0.05, 0) is 97.6 Å². The topological polar surface area (TPSA) is 72.3 Å². The molecule has 4 saturated carbocycles. The summed E-state index contributed by atoms with van der Waals surface area (Å²) in [6.07, 6.45) is 9.17. The zero-order valence-corrected chi connectivity index (χ0v) is 14.7. The van der Waals surface area contributed by atoms with Crippen LogP contribution in [0.15, 0.2) is 12.1 Å². The highest BCUT2D eigenvalue weighted by Crippen LogP contribution is 2.68. The van der Waals surface area contributed by atoms with Gasteiger partial charge in [0.1, 0.15) is 0 Å². The van der Waals surface area contributed by atoms with E-state index < -0.39 is 5.60 Å². The molecular weight excluding hydrogens is 296 g/mol. The molecule has 0 saturated heterocycles. The molecule has 0 spiro atoms. The minimum absolute atomic E-state index is 0.131. The lowest BCUT2D eigenvalue weighted by atomic mass is 9.40. The fraction of sp³-hybridized carbons (Fsp3) is 0.714. The number of anilines is 2. The third-order valence-corrected chi connectivity index (χ3v) is 8.67. The quantitative estimate of drug-likeness (QED) is 0.634. The Morgan fingerprint density at radius 3 is 2.54 bits per heavy atom. The van der Waals surface area contributed by atoms with Gasteiger partial charge >= 0.3 is 0 Å². The third-order valence-electron chi connectivity index (χ3n) is 8.67. The molecule has 2 bridgehead atoms. The van der Waals surface area contributed by atoms with Crippen LogP contribution in [0.1, 0.15) is 68.9 Å². The van der Waals surface area contributed by atoms with Crippen molar-refractivity contribution < 1.29 is 5.11 Å². The van der Waals surface area contributed by atoms with Crippen molar-refractivity contribution >= 4 is 11.4 Å². The van der Waals surface area contributed by atoms with Gasteiger partial charge in [-0.2, -0.15) is 0 Å². The van der Waals surface area contributed by atoms with E-state index in [1.165, 1.54) is 36.8 Å². The second kappa shape index (κ2) is 4.69. The molecule has 5 aliphatic rings. The maximum absolute atomic E-state index is 11.4. The Morgan fingerprint density at radius 2 is 1.79 bits per heavy atom. The normalized spacial score (nSPS) is 46.1. The van der Waals surface area contributed by atoms with Gasteiger partial charge in [0.25, 0.3) is 0 Å². The summed E-state index contributed by atoms with van der Waals surface area (Å²) >= 11 is 0. The average Bonchev–Trinajstić information content (AvgIpc) is 2.58. The number of hydrogen-bond donors (Lipinski definition) is 3. The smallest absolute Gasteiger partial charge is 0.0704 e. The molecule has 0 amide bonds. The molecule has 5 aliphatic carbocycles. The van der Waals surface area contributed by atoms with E-state index in [1.54, 1.807) is 0 Å². The van der Waals surface area contributed by atoms with Crippen molar-refractivity contribution in [2.24, 2.45) is 23.2 Å². The van der Waals surface area contributed by atoms with Gasteiger partial charge in [-0.25, -0.2) is 0 Å². The van der Waals surface area contributed by atoms with E-state index >= 15 is 0 Å². The Labute approximate surface area is 144 Å². The molecule has 0 aromatic heterocycles. The van der Waals surface area contributed by atoms with Crippen molar-refractivity contribution in [2.45, 2.75) is 69.8 Å². The first kappa shape index (κ1) is 15.1. The van der Waals surface area contributed by atoms with Crippen molar-refractivity contribution in [1.29, 1.82) is 0 Å². The minimum Gasteiger partial charge on any atom is -0.397 e. The first-order valence-corrected chi connectivity index (χ1v) is 9.84. The number of benzene rings is 1. The Kier molecular flexibility index (Phi) is 2.94. The van der Waals surface area contributed by atoms with E-state index in [9.17, 15) is 5.11 Å². The van der Waals surface area contributed by atoms with Crippen LogP contribution in [0.3, 0.4) is 0 Å². The molecule has 0 aliphatic heterocycles. The Bertz CT molecular complexity index is 691. The molecule has 1 aromatic rings. The predicted molar refractivity (Wildman–Crippen MR) is 97.6 cm³/mol. The number of nitrogens with two attached hydrogens (primary N) is 2. The van der Waals surface area contributed by atoms with Crippen molar-refractivity contribution in [2.75, 3.05) is 11.5 Å². The van der Waals surface area contributed by atoms with Gasteiger partial charge in [-0.3, -0.25) is 0 Å². The van der Waals surface area contributed by atoms with E-state index in [4.69, 9.17) is 11.5 Å². The first-order chi connectivity index (χ1) is 11.4. The molecule has 3 heteroatoms. The number of fused-ring (bicyclic) bond motifs is 5. The molecule has 0 heterocycles. The summed E-state index contributed by atoms with van der Waals surface area (Å²) in [4.78, 5) is 0. The highest BCUT2D eigenvalue weighted by molar-refractivity contribution is 5.70. The fourth-order valence-electron chi connectivity index (χ4n) is 7.42. The van der Waals surface area contributed by atoms with Gasteiger partial charge in [0.05, 0.1) is 17.0 Å². The van der Waals surface area contributed by atoms with Crippen LogP contribution >= 0.6 is 0 Å². The predicted octanol–water partition coefficient (Wildman–Crippen LogP) is 3.85. The lowest BCUT2D eigenvalue weighted by Gasteiger charge is -2.66. The molecule has 0 radical (unpaired) electrons. The highest BCUT2D eigenvalue weighted by Gasteiger charge is 2.64. The monoisotopic (exact) mass is 326 g/mol. The fourth-order valence-corrected chi connectivity index (χ4v) is 7.42. The van der Waals surface area contributed by atoms with Crippen LogP contribution in [-0.2, 0) is 6.42 Å². The second-order valence-corrected chi connectivity index (χ2v) is 9.30. The van der Waals surface area contributed by atoms with Crippen LogP contribution in [-0.4, -0.2) is 10.7 Å². The summed E-state index contributed by atoms with van der Waals surface area (Å²) in [6, 6.07) is 4.25. The SMILES string of the molecule is CC12CCC3c4ccc(N)c(N)c4CCC3C1C1CCC2(O)CC1. The number of nitrogen functional groups attached to an aromatic ring is 2. The summed E-state index contributed by atoms with van der Waals surface area (Å²) in [5, 5.41) is 11.4. The summed E-state index contributed by atoms with van der Waals surface area (Å²) < 4.78 is 0. The van der Waals surface area contributed by atoms with Gasteiger partial charge < -0.3 is 16.6 Å².